The molecule has 0 aliphatic heterocycles. The van der Waals surface area contributed by atoms with Gasteiger partial charge in [0.1, 0.15) is 0 Å². The summed E-state index contributed by atoms with van der Waals surface area (Å²) >= 11 is 1.51. The maximum Gasteiger partial charge on any atom is 0.233 e. The zero-order chi connectivity index (χ0) is 18.9. The van der Waals surface area contributed by atoms with Gasteiger partial charge in [0.2, 0.25) is 5.88 Å². The Morgan fingerprint density at radius 1 is 1.15 bits per heavy atom. The van der Waals surface area contributed by atoms with E-state index < -0.39 is 0 Å². The molecule has 0 saturated carbocycles. The lowest BCUT2D eigenvalue weighted by Crippen LogP contribution is -2.12. The Balaban J connectivity index is 1.51. The fourth-order valence-corrected chi connectivity index (χ4v) is 3.30. The Bertz CT molecular complexity index is 807. The SMILES string of the molecule is CCCCOc1ccc(Nc2nc(C(N)CCc3ccccc3)cs2)nn1. The number of ether oxygens (including phenoxy) is 1. The van der Waals surface area contributed by atoms with Crippen LogP contribution in [0.3, 0.4) is 0 Å². The highest BCUT2D eigenvalue weighted by Gasteiger charge is 2.11. The normalized spacial score (nSPS) is 11.9. The second kappa shape index (κ2) is 9.99. The Hall–Kier alpha value is -2.51. The fraction of sp³-hybridized carbons (Fsp3) is 0.350. The monoisotopic (exact) mass is 383 g/mol. The van der Waals surface area contributed by atoms with Crippen molar-refractivity contribution in [1.82, 2.24) is 15.2 Å². The largest absolute Gasteiger partial charge is 0.477 e. The highest BCUT2D eigenvalue weighted by Crippen LogP contribution is 2.24. The molecule has 6 nitrogen and oxygen atoms in total. The van der Waals surface area contributed by atoms with Crippen molar-refractivity contribution in [2.45, 2.75) is 38.6 Å². The van der Waals surface area contributed by atoms with Crippen molar-refractivity contribution in [2.24, 2.45) is 5.73 Å². The molecule has 2 heterocycles. The Morgan fingerprint density at radius 3 is 2.74 bits per heavy atom. The molecule has 3 aromatic rings. The van der Waals surface area contributed by atoms with Crippen LogP contribution in [0.1, 0.15) is 43.5 Å². The molecule has 0 amide bonds. The third-order valence-corrected chi connectivity index (χ3v) is 4.89. The van der Waals surface area contributed by atoms with E-state index in [1.165, 1.54) is 16.9 Å². The molecule has 0 spiro atoms. The summed E-state index contributed by atoms with van der Waals surface area (Å²) in [6.07, 6.45) is 3.89. The number of anilines is 2. The van der Waals surface area contributed by atoms with Gasteiger partial charge in [0.05, 0.1) is 12.3 Å². The molecular weight excluding hydrogens is 358 g/mol. The molecule has 0 bridgehead atoms. The first-order valence-electron chi connectivity index (χ1n) is 9.23. The van der Waals surface area contributed by atoms with E-state index in [0.717, 1.165) is 36.5 Å². The van der Waals surface area contributed by atoms with Gasteiger partial charge in [-0.15, -0.1) is 21.5 Å². The van der Waals surface area contributed by atoms with Crippen molar-refractivity contribution in [3.63, 3.8) is 0 Å². The van der Waals surface area contributed by atoms with Gasteiger partial charge in [-0.25, -0.2) is 4.98 Å². The molecule has 0 aliphatic rings. The summed E-state index contributed by atoms with van der Waals surface area (Å²) in [4.78, 5) is 4.58. The maximum absolute atomic E-state index is 6.30. The lowest BCUT2D eigenvalue weighted by molar-refractivity contribution is 0.294. The molecule has 1 aromatic carbocycles. The molecule has 0 radical (unpaired) electrons. The number of aromatic nitrogens is 3. The lowest BCUT2D eigenvalue weighted by Gasteiger charge is -2.08. The van der Waals surface area contributed by atoms with Crippen molar-refractivity contribution in [3.05, 3.63) is 59.1 Å². The summed E-state index contributed by atoms with van der Waals surface area (Å²) in [5.41, 5.74) is 8.48. The number of aryl methyl sites for hydroxylation is 1. The molecule has 0 saturated heterocycles. The molecule has 7 heteroatoms. The van der Waals surface area contributed by atoms with E-state index in [9.17, 15) is 0 Å². The van der Waals surface area contributed by atoms with Gasteiger partial charge in [0, 0.05) is 17.5 Å². The fourth-order valence-electron chi connectivity index (χ4n) is 2.52. The average Bonchev–Trinajstić information content (AvgIpc) is 3.17. The summed E-state index contributed by atoms with van der Waals surface area (Å²) in [5.74, 6) is 1.17. The number of nitrogens with one attached hydrogen (secondary N) is 1. The molecule has 3 rings (SSSR count). The standard InChI is InChI=1S/C20H25N5OS/c1-2-3-13-26-19-12-11-18(24-25-19)23-20-22-17(14-27-20)16(21)10-9-15-7-5-4-6-8-15/h4-8,11-12,14,16H,2-3,9-10,13,21H2,1H3,(H,22,23,24). The van der Waals surface area contributed by atoms with Crippen molar-refractivity contribution < 1.29 is 4.74 Å². The Labute approximate surface area is 163 Å². The second-order valence-corrected chi connectivity index (χ2v) is 7.15. The number of benzene rings is 1. The van der Waals surface area contributed by atoms with Crippen LogP contribution in [0.2, 0.25) is 0 Å². The van der Waals surface area contributed by atoms with Gasteiger partial charge in [0.25, 0.3) is 0 Å². The number of nitrogens with two attached hydrogens (primary N) is 1. The summed E-state index contributed by atoms with van der Waals surface area (Å²) in [7, 11) is 0. The second-order valence-electron chi connectivity index (χ2n) is 6.29. The van der Waals surface area contributed by atoms with E-state index in [-0.39, 0.29) is 6.04 Å². The van der Waals surface area contributed by atoms with Crippen LogP contribution >= 0.6 is 11.3 Å². The molecule has 0 fully saturated rings. The number of unbranched alkanes of at least 4 members (excludes halogenated alkanes) is 1. The van der Waals surface area contributed by atoms with Crippen LogP contribution in [0, 0.1) is 0 Å². The van der Waals surface area contributed by atoms with Gasteiger partial charge in [-0.3, -0.25) is 0 Å². The van der Waals surface area contributed by atoms with Crippen molar-refractivity contribution in [2.75, 3.05) is 11.9 Å². The van der Waals surface area contributed by atoms with E-state index in [1.54, 1.807) is 0 Å². The molecule has 3 N–H and O–H groups in total. The average molecular weight is 384 g/mol. The van der Waals surface area contributed by atoms with Gasteiger partial charge in [0.15, 0.2) is 10.9 Å². The zero-order valence-electron chi connectivity index (χ0n) is 15.5. The van der Waals surface area contributed by atoms with Crippen molar-refractivity contribution >= 4 is 22.3 Å². The van der Waals surface area contributed by atoms with Crippen molar-refractivity contribution in [1.29, 1.82) is 0 Å². The van der Waals surface area contributed by atoms with Gasteiger partial charge in [-0.05, 0) is 30.9 Å². The number of thiazole rings is 1. The number of nitrogens with zero attached hydrogens (tertiary/aromatic N) is 3. The van der Waals surface area contributed by atoms with Crippen LogP contribution in [-0.2, 0) is 6.42 Å². The zero-order valence-corrected chi connectivity index (χ0v) is 16.3. The molecule has 0 aliphatic carbocycles. The minimum atomic E-state index is -0.0857. The lowest BCUT2D eigenvalue weighted by atomic mass is 10.0. The maximum atomic E-state index is 6.30. The first-order valence-corrected chi connectivity index (χ1v) is 10.1. The summed E-state index contributed by atoms with van der Waals surface area (Å²) in [5, 5.41) is 14.1. The quantitative estimate of drug-likeness (QED) is 0.502. The van der Waals surface area contributed by atoms with E-state index in [2.05, 4.69) is 39.6 Å². The Kier molecular flexibility index (Phi) is 7.12. The first-order chi connectivity index (χ1) is 13.2. The van der Waals surface area contributed by atoms with E-state index in [4.69, 9.17) is 10.5 Å². The molecule has 142 valence electrons. The number of hydrogen-bond donors (Lipinski definition) is 2. The predicted octanol–water partition coefficient (Wildman–Crippen LogP) is 4.49. The molecule has 1 atom stereocenters. The third-order valence-electron chi connectivity index (χ3n) is 4.11. The van der Waals surface area contributed by atoms with Crippen LogP contribution < -0.4 is 15.8 Å². The van der Waals surface area contributed by atoms with Gasteiger partial charge in [-0.2, -0.15) is 0 Å². The molecular formula is C20H25N5OS. The first kappa shape index (κ1) is 19.3. The van der Waals surface area contributed by atoms with E-state index >= 15 is 0 Å². The minimum absolute atomic E-state index is 0.0857. The van der Waals surface area contributed by atoms with Gasteiger partial charge < -0.3 is 15.8 Å². The summed E-state index contributed by atoms with van der Waals surface area (Å²) in [6.45, 7) is 2.78. The number of rotatable bonds is 10. The van der Waals surface area contributed by atoms with E-state index in [0.29, 0.717) is 18.3 Å². The molecule has 27 heavy (non-hydrogen) atoms. The smallest absolute Gasteiger partial charge is 0.233 e. The Morgan fingerprint density at radius 2 is 2.00 bits per heavy atom. The predicted molar refractivity (Wildman–Crippen MR) is 110 cm³/mol. The van der Waals surface area contributed by atoms with Crippen LogP contribution in [-0.4, -0.2) is 21.8 Å². The summed E-state index contributed by atoms with van der Waals surface area (Å²) in [6, 6.07) is 13.9. The van der Waals surface area contributed by atoms with Crippen LogP contribution in [0.15, 0.2) is 47.8 Å². The topological polar surface area (TPSA) is 86.0 Å². The van der Waals surface area contributed by atoms with Crippen LogP contribution in [0.4, 0.5) is 10.9 Å². The van der Waals surface area contributed by atoms with Gasteiger partial charge in [-0.1, -0.05) is 43.7 Å². The van der Waals surface area contributed by atoms with E-state index in [1.807, 2.05) is 35.7 Å². The molecule has 1 unspecified atom stereocenters. The van der Waals surface area contributed by atoms with Crippen LogP contribution in [0.5, 0.6) is 5.88 Å². The van der Waals surface area contributed by atoms with Crippen LogP contribution in [0.25, 0.3) is 0 Å². The molecule has 2 aromatic heterocycles. The highest BCUT2D eigenvalue weighted by atomic mass is 32.1. The third kappa shape index (κ3) is 6.01. The van der Waals surface area contributed by atoms with Gasteiger partial charge >= 0.3 is 0 Å². The highest BCUT2D eigenvalue weighted by molar-refractivity contribution is 7.13. The summed E-state index contributed by atoms with van der Waals surface area (Å²) < 4.78 is 5.52. The minimum Gasteiger partial charge on any atom is -0.477 e. The van der Waals surface area contributed by atoms with Crippen molar-refractivity contribution in [3.8, 4) is 5.88 Å². The number of hydrogen-bond acceptors (Lipinski definition) is 7.